The molecule has 3 aliphatic rings. The highest BCUT2D eigenvalue weighted by Crippen LogP contribution is 2.33. The van der Waals surface area contributed by atoms with Crippen molar-refractivity contribution in [2.45, 2.75) is 50.6 Å². The standard InChI is InChI=1S/C17H27N5O/c23-17-15-12-21(8-9-22(15)7-6-18-17)11-14-10-19-20-16(14)13-4-2-1-3-5-13/h10,13,15H,1-9,11-12H2,(H,18,23)(H,19,20). The molecule has 1 aromatic heterocycles. The third-order valence-corrected chi connectivity index (χ3v) is 5.73. The molecule has 4 rings (SSSR count). The SMILES string of the molecule is O=C1NCCN2CCN(Cc3cn[nH]c3C3CCCCC3)CC12. The first kappa shape index (κ1) is 15.1. The molecule has 1 aromatic rings. The number of carbonyl (C=O) groups is 1. The Labute approximate surface area is 137 Å². The van der Waals surface area contributed by atoms with Crippen molar-refractivity contribution in [1.82, 2.24) is 25.3 Å². The van der Waals surface area contributed by atoms with Gasteiger partial charge in [0.15, 0.2) is 0 Å². The minimum Gasteiger partial charge on any atom is -0.353 e. The van der Waals surface area contributed by atoms with E-state index in [4.69, 9.17) is 0 Å². The third-order valence-electron chi connectivity index (χ3n) is 5.73. The van der Waals surface area contributed by atoms with Gasteiger partial charge in [0.25, 0.3) is 0 Å². The van der Waals surface area contributed by atoms with Gasteiger partial charge in [0.1, 0.15) is 6.04 Å². The highest BCUT2D eigenvalue weighted by molar-refractivity contribution is 5.82. The van der Waals surface area contributed by atoms with E-state index in [1.807, 2.05) is 6.20 Å². The summed E-state index contributed by atoms with van der Waals surface area (Å²) >= 11 is 0. The molecule has 1 unspecified atom stereocenters. The predicted molar refractivity (Wildman–Crippen MR) is 88.1 cm³/mol. The zero-order chi connectivity index (χ0) is 15.6. The number of fused-ring (bicyclic) bond motifs is 1. The van der Waals surface area contributed by atoms with Crippen molar-refractivity contribution in [2.75, 3.05) is 32.7 Å². The number of amides is 1. The van der Waals surface area contributed by atoms with Crippen LogP contribution < -0.4 is 5.32 Å². The summed E-state index contributed by atoms with van der Waals surface area (Å²) in [5.74, 6) is 0.848. The largest absolute Gasteiger partial charge is 0.353 e. The van der Waals surface area contributed by atoms with Crippen molar-refractivity contribution in [1.29, 1.82) is 0 Å². The van der Waals surface area contributed by atoms with Crippen LogP contribution in [0.5, 0.6) is 0 Å². The van der Waals surface area contributed by atoms with Crippen LogP contribution in [0.4, 0.5) is 0 Å². The Hall–Kier alpha value is -1.40. The Morgan fingerprint density at radius 3 is 2.91 bits per heavy atom. The van der Waals surface area contributed by atoms with Gasteiger partial charge in [-0.15, -0.1) is 0 Å². The lowest BCUT2D eigenvalue weighted by atomic mass is 9.85. The van der Waals surface area contributed by atoms with Crippen molar-refractivity contribution >= 4 is 5.91 Å². The van der Waals surface area contributed by atoms with Gasteiger partial charge >= 0.3 is 0 Å². The lowest BCUT2D eigenvalue weighted by Gasteiger charge is -2.43. The van der Waals surface area contributed by atoms with Gasteiger partial charge in [0.05, 0.1) is 6.20 Å². The second-order valence-electron chi connectivity index (χ2n) is 7.22. The molecule has 1 saturated carbocycles. The fourth-order valence-corrected chi connectivity index (χ4v) is 4.41. The molecule has 3 heterocycles. The van der Waals surface area contributed by atoms with Gasteiger partial charge in [0.2, 0.25) is 5.91 Å². The summed E-state index contributed by atoms with van der Waals surface area (Å²) in [7, 11) is 0. The Kier molecular flexibility index (Phi) is 4.35. The zero-order valence-corrected chi connectivity index (χ0v) is 13.8. The molecule has 1 aliphatic carbocycles. The van der Waals surface area contributed by atoms with Gasteiger partial charge in [-0.3, -0.25) is 19.7 Å². The molecule has 3 fully saturated rings. The topological polar surface area (TPSA) is 64.3 Å². The van der Waals surface area contributed by atoms with Crippen LogP contribution in [0.25, 0.3) is 0 Å². The van der Waals surface area contributed by atoms with E-state index in [1.165, 1.54) is 43.4 Å². The zero-order valence-electron chi connectivity index (χ0n) is 13.8. The van der Waals surface area contributed by atoms with E-state index in [0.29, 0.717) is 5.92 Å². The number of nitrogens with one attached hydrogen (secondary N) is 2. The summed E-state index contributed by atoms with van der Waals surface area (Å²) in [6.45, 7) is 5.57. The smallest absolute Gasteiger partial charge is 0.238 e. The van der Waals surface area contributed by atoms with E-state index in [2.05, 4.69) is 25.3 Å². The van der Waals surface area contributed by atoms with Crippen LogP contribution in [-0.4, -0.2) is 64.7 Å². The average Bonchev–Trinajstić information content (AvgIpc) is 3.05. The van der Waals surface area contributed by atoms with Gasteiger partial charge in [-0.1, -0.05) is 19.3 Å². The molecule has 2 aliphatic heterocycles. The number of aromatic amines is 1. The van der Waals surface area contributed by atoms with E-state index in [1.54, 1.807) is 0 Å². The molecule has 2 N–H and O–H groups in total. The predicted octanol–water partition coefficient (Wildman–Crippen LogP) is 1.07. The van der Waals surface area contributed by atoms with Crippen LogP contribution in [0.2, 0.25) is 0 Å². The number of rotatable bonds is 3. The van der Waals surface area contributed by atoms with Crippen LogP contribution in [0, 0.1) is 0 Å². The molecule has 1 atom stereocenters. The third kappa shape index (κ3) is 3.15. The molecule has 1 amide bonds. The van der Waals surface area contributed by atoms with Gasteiger partial charge in [0, 0.05) is 56.4 Å². The van der Waals surface area contributed by atoms with Crippen molar-refractivity contribution in [3.63, 3.8) is 0 Å². The molecule has 0 radical (unpaired) electrons. The minimum absolute atomic E-state index is 0.0301. The maximum absolute atomic E-state index is 12.1. The van der Waals surface area contributed by atoms with Gasteiger partial charge in [-0.25, -0.2) is 0 Å². The maximum atomic E-state index is 12.1. The second-order valence-corrected chi connectivity index (χ2v) is 7.22. The normalized spacial score (nSPS) is 27.7. The summed E-state index contributed by atoms with van der Waals surface area (Å²) in [5, 5.41) is 10.6. The first-order chi connectivity index (χ1) is 11.3. The molecule has 0 aromatic carbocycles. The molecule has 126 valence electrons. The monoisotopic (exact) mass is 317 g/mol. The van der Waals surface area contributed by atoms with Crippen LogP contribution in [0.3, 0.4) is 0 Å². The first-order valence-electron chi connectivity index (χ1n) is 9.07. The summed E-state index contributed by atoms with van der Waals surface area (Å²) in [5.41, 5.74) is 2.68. The Morgan fingerprint density at radius 1 is 1.17 bits per heavy atom. The molecule has 0 spiro atoms. The van der Waals surface area contributed by atoms with Gasteiger partial charge < -0.3 is 5.32 Å². The van der Waals surface area contributed by atoms with Crippen molar-refractivity contribution in [3.8, 4) is 0 Å². The van der Waals surface area contributed by atoms with E-state index in [-0.39, 0.29) is 11.9 Å². The number of piperazine rings is 2. The van der Waals surface area contributed by atoms with Crippen LogP contribution in [-0.2, 0) is 11.3 Å². The van der Waals surface area contributed by atoms with E-state index >= 15 is 0 Å². The van der Waals surface area contributed by atoms with Crippen LogP contribution in [0.15, 0.2) is 6.20 Å². The lowest BCUT2D eigenvalue weighted by Crippen LogP contribution is -2.63. The van der Waals surface area contributed by atoms with E-state index in [9.17, 15) is 4.79 Å². The Bertz CT molecular complexity index is 551. The number of carbonyl (C=O) groups excluding carboxylic acids is 1. The first-order valence-corrected chi connectivity index (χ1v) is 9.07. The van der Waals surface area contributed by atoms with Crippen molar-refractivity contribution in [3.05, 3.63) is 17.5 Å². The number of hydrogen-bond acceptors (Lipinski definition) is 4. The molecule has 6 heteroatoms. The van der Waals surface area contributed by atoms with E-state index < -0.39 is 0 Å². The summed E-state index contributed by atoms with van der Waals surface area (Å²) in [4.78, 5) is 16.8. The summed E-state index contributed by atoms with van der Waals surface area (Å²) in [6.07, 6.45) is 8.62. The quantitative estimate of drug-likeness (QED) is 0.875. The number of aromatic nitrogens is 2. The molecular weight excluding hydrogens is 290 g/mol. The Morgan fingerprint density at radius 2 is 2.04 bits per heavy atom. The van der Waals surface area contributed by atoms with Crippen molar-refractivity contribution < 1.29 is 4.79 Å². The summed E-state index contributed by atoms with van der Waals surface area (Å²) < 4.78 is 0. The average molecular weight is 317 g/mol. The van der Waals surface area contributed by atoms with Gasteiger partial charge in [-0.05, 0) is 12.8 Å². The fourth-order valence-electron chi connectivity index (χ4n) is 4.41. The Balaban J connectivity index is 1.42. The summed E-state index contributed by atoms with van der Waals surface area (Å²) in [6, 6.07) is 0.0301. The molecule has 6 nitrogen and oxygen atoms in total. The van der Waals surface area contributed by atoms with Crippen LogP contribution >= 0.6 is 0 Å². The van der Waals surface area contributed by atoms with Crippen molar-refractivity contribution in [2.24, 2.45) is 0 Å². The number of H-pyrrole nitrogens is 1. The fraction of sp³-hybridized carbons (Fsp3) is 0.765. The molecular formula is C17H27N5O. The number of nitrogens with zero attached hydrogens (tertiary/aromatic N) is 3. The second kappa shape index (κ2) is 6.61. The number of hydrogen-bond donors (Lipinski definition) is 2. The molecule has 23 heavy (non-hydrogen) atoms. The lowest BCUT2D eigenvalue weighted by molar-refractivity contribution is -0.131. The molecule has 2 saturated heterocycles. The highest BCUT2D eigenvalue weighted by atomic mass is 16.2. The highest BCUT2D eigenvalue weighted by Gasteiger charge is 2.35. The van der Waals surface area contributed by atoms with E-state index in [0.717, 1.165) is 39.3 Å². The minimum atomic E-state index is 0.0301. The van der Waals surface area contributed by atoms with Gasteiger partial charge in [-0.2, -0.15) is 5.10 Å². The maximum Gasteiger partial charge on any atom is 0.238 e. The molecule has 0 bridgehead atoms. The van der Waals surface area contributed by atoms with Crippen LogP contribution in [0.1, 0.15) is 49.3 Å².